The van der Waals surface area contributed by atoms with Crippen molar-refractivity contribution < 1.29 is 0 Å². The molecule has 0 radical (unpaired) electrons. The predicted octanol–water partition coefficient (Wildman–Crippen LogP) is 4.03. The average Bonchev–Trinajstić information content (AvgIpc) is 2.24. The maximum Gasteiger partial charge on any atom is 0.0709 e. The van der Waals surface area contributed by atoms with E-state index in [2.05, 4.69) is 65.8 Å². The molecule has 0 spiro atoms. The Morgan fingerprint density at radius 2 is 1.63 bits per heavy atom. The van der Waals surface area contributed by atoms with Crippen LogP contribution in [0.2, 0.25) is 0 Å². The first-order valence-electron chi connectivity index (χ1n) is 6.80. The summed E-state index contributed by atoms with van der Waals surface area (Å²) < 4.78 is 0. The molecule has 0 atom stereocenters. The molecule has 2 heteroatoms. The van der Waals surface area contributed by atoms with Crippen LogP contribution in [0.1, 0.15) is 51.4 Å². The number of hydrogen-bond acceptors (Lipinski definition) is 2. The van der Waals surface area contributed by atoms with Crippen LogP contribution in [0.15, 0.2) is 24.3 Å². The van der Waals surface area contributed by atoms with Gasteiger partial charge in [0.1, 0.15) is 0 Å². The Labute approximate surface area is 116 Å². The first-order chi connectivity index (χ1) is 8.59. The normalized spacial score (nSPS) is 13.0. The number of aryl methyl sites for hydroxylation is 1. The summed E-state index contributed by atoms with van der Waals surface area (Å²) in [5, 5.41) is 1.17. The van der Waals surface area contributed by atoms with E-state index in [1.165, 1.54) is 16.5 Å². The van der Waals surface area contributed by atoms with Gasteiger partial charge in [0.05, 0.1) is 5.52 Å². The monoisotopic (exact) mass is 256 g/mol. The second-order valence-corrected chi connectivity index (χ2v) is 7.05. The Hall–Kier alpha value is -1.41. The van der Waals surface area contributed by atoms with Gasteiger partial charge in [0.25, 0.3) is 0 Å². The zero-order chi connectivity index (χ0) is 14.4. The molecule has 0 unspecified atom stereocenters. The van der Waals surface area contributed by atoms with Crippen LogP contribution in [-0.4, -0.2) is 4.98 Å². The molecule has 2 nitrogen and oxygen atoms in total. The number of pyridine rings is 1. The highest BCUT2D eigenvalue weighted by Crippen LogP contribution is 2.31. The largest absolute Gasteiger partial charge is 0.322 e. The molecule has 0 amide bonds. The lowest BCUT2D eigenvalue weighted by molar-refractivity contribution is 0.542. The van der Waals surface area contributed by atoms with Crippen LogP contribution >= 0.6 is 0 Å². The summed E-state index contributed by atoms with van der Waals surface area (Å²) in [6.45, 7) is 12.8. The van der Waals surface area contributed by atoms with Crippen molar-refractivity contribution in [3.8, 4) is 0 Å². The van der Waals surface area contributed by atoms with E-state index in [-0.39, 0.29) is 11.0 Å². The van der Waals surface area contributed by atoms with Gasteiger partial charge in [0, 0.05) is 22.0 Å². The Kier molecular flexibility index (Phi) is 3.18. The minimum Gasteiger partial charge on any atom is -0.322 e. The molecule has 0 saturated heterocycles. The fourth-order valence-electron chi connectivity index (χ4n) is 2.26. The highest BCUT2D eigenvalue weighted by molar-refractivity contribution is 5.84. The van der Waals surface area contributed by atoms with Gasteiger partial charge < -0.3 is 5.73 Å². The third kappa shape index (κ3) is 2.79. The maximum atomic E-state index is 6.36. The fraction of sp³-hybridized carbons (Fsp3) is 0.471. The number of fused-ring (bicyclic) bond motifs is 1. The van der Waals surface area contributed by atoms with Gasteiger partial charge in [-0.3, -0.25) is 4.98 Å². The third-order valence-corrected chi connectivity index (χ3v) is 3.43. The van der Waals surface area contributed by atoms with E-state index in [1.807, 2.05) is 0 Å². The molecular weight excluding hydrogens is 232 g/mol. The lowest BCUT2D eigenvalue weighted by atomic mass is 9.85. The number of hydrogen-bond donors (Lipinski definition) is 1. The van der Waals surface area contributed by atoms with Crippen molar-refractivity contribution in [2.24, 2.45) is 5.73 Å². The van der Waals surface area contributed by atoms with Gasteiger partial charge in [0.2, 0.25) is 0 Å². The predicted molar refractivity (Wildman–Crippen MR) is 82.4 cm³/mol. The SMILES string of the molecule is Cc1ccc2nc(C(C)(C)C)cc(C(C)(C)N)c2c1. The van der Waals surface area contributed by atoms with Crippen LogP contribution in [-0.2, 0) is 11.0 Å². The van der Waals surface area contributed by atoms with Gasteiger partial charge in [-0.1, -0.05) is 32.4 Å². The molecule has 0 fully saturated rings. The summed E-state index contributed by atoms with van der Waals surface area (Å²) in [6.07, 6.45) is 0. The summed E-state index contributed by atoms with van der Waals surface area (Å²) in [6, 6.07) is 8.55. The van der Waals surface area contributed by atoms with Crippen LogP contribution in [0.5, 0.6) is 0 Å². The van der Waals surface area contributed by atoms with Gasteiger partial charge in [0.15, 0.2) is 0 Å². The molecule has 2 rings (SSSR count). The van der Waals surface area contributed by atoms with Crippen molar-refractivity contribution in [3.05, 3.63) is 41.1 Å². The first kappa shape index (κ1) is 14.0. The summed E-state index contributed by atoms with van der Waals surface area (Å²) >= 11 is 0. The number of nitrogens with zero attached hydrogens (tertiary/aromatic N) is 1. The van der Waals surface area contributed by atoms with Crippen molar-refractivity contribution in [2.75, 3.05) is 0 Å². The zero-order valence-corrected chi connectivity index (χ0v) is 12.8. The van der Waals surface area contributed by atoms with E-state index in [1.54, 1.807) is 0 Å². The lowest BCUT2D eigenvalue weighted by Gasteiger charge is -2.26. The van der Waals surface area contributed by atoms with E-state index in [4.69, 9.17) is 10.7 Å². The molecule has 2 N–H and O–H groups in total. The van der Waals surface area contributed by atoms with E-state index in [0.717, 1.165) is 11.2 Å². The minimum absolute atomic E-state index is 0.0269. The van der Waals surface area contributed by atoms with Crippen LogP contribution in [0.3, 0.4) is 0 Å². The summed E-state index contributed by atoms with van der Waals surface area (Å²) in [5.74, 6) is 0. The molecule has 1 aromatic carbocycles. The van der Waals surface area contributed by atoms with Crippen molar-refractivity contribution in [1.29, 1.82) is 0 Å². The Balaban J connectivity index is 2.85. The van der Waals surface area contributed by atoms with Gasteiger partial charge in [-0.15, -0.1) is 0 Å². The van der Waals surface area contributed by atoms with E-state index in [0.29, 0.717) is 0 Å². The van der Waals surface area contributed by atoms with Crippen LogP contribution in [0, 0.1) is 6.92 Å². The Morgan fingerprint density at radius 1 is 1.00 bits per heavy atom. The molecule has 1 heterocycles. The summed E-state index contributed by atoms with van der Waals surface area (Å²) in [5.41, 5.74) is 10.6. The summed E-state index contributed by atoms with van der Waals surface area (Å²) in [4.78, 5) is 4.81. The van der Waals surface area contributed by atoms with Gasteiger partial charge in [-0.25, -0.2) is 0 Å². The molecule has 1 aromatic heterocycles. The highest BCUT2D eigenvalue weighted by Gasteiger charge is 2.23. The van der Waals surface area contributed by atoms with E-state index < -0.39 is 0 Å². The van der Waals surface area contributed by atoms with Crippen LogP contribution in [0.4, 0.5) is 0 Å². The van der Waals surface area contributed by atoms with Crippen LogP contribution < -0.4 is 5.73 Å². The first-order valence-corrected chi connectivity index (χ1v) is 6.80. The molecular formula is C17H24N2. The van der Waals surface area contributed by atoms with Crippen molar-refractivity contribution >= 4 is 10.9 Å². The van der Waals surface area contributed by atoms with Crippen LogP contribution in [0.25, 0.3) is 10.9 Å². The maximum absolute atomic E-state index is 6.36. The molecule has 0 aliphatic heterocycles. The van der Waals surface area contributed by atoms with Gasteiger partial charge >= 0.3 is 0 Å². The molecule has 102 valence electrons. The zero-order valence-electron chi connectivity index (χ0n) is 12.8. The summed E-state index contributed by atoms with van der Waals surface area (Å²) in [7, 11) is 0. The standard InChI is InChI=1S/C17H24N2/c1-11-7-8-14-12(9-11)13(17(5,6)18)10-15(19-14)16(2,3)4/h7-10H,18H2,1-6H3. The number of aromatic nitrogens is 1. The fourth-order valence-corrected chi connectivity index (χ4v) is 2.26. The Bertz CT molecular complexity index is 613. The lowest BCUT2D eigenvalue weighted by Crippen LogP contribution is -2.30. The minimum atomic E-state index is -0.366. The topological polar surface area (TPSA) is 38.9 Å². The van der Waals surface area contributed by atoms with Crippen molar-refractivity contribution in [3.63, 3.8) is 0 Å². The highest BCUT2D eigenvalue weighted by atomic mass is 14.8. The van der Waals surface area contributed by atoms with Crippen molar-refractivity contribution in [2.45, 2.75) is 52.5 Å². The second-order valence-electron chi connectivity index (χ2n) is 7.05. The number of benzene rings is 1. The quantitative estimate of drug-likeness (QED) is 0.836. The average molecular weight is 256 g/mol. The Morgan fingerprint density at radius 3 is 2.16 bits per heavy atom. The van der Waals surface area contributed by atoms with Crippen molar-refractivity contribution in [1.82, 2.24) is 4.98 Å². The molecule has 2 aromatic rings. The molecule has 19 heavy (non-hydrogen) atoms. The molecule has 0 saturated carbocycles. The molecule has 0 aliphatic rings. The number of nitrogens with two attached hydrogens (primary N) is 1. The van der Waals surface area contributed by atoms with E-state index >= 15 is 0 Å². The smallest absolute Gasteiger partial charge is 0.0709 e. The number of rotatable bonds is 1. The van der Waals surface area contributed by atoms with Gasteiger partial charge in [-0.2, -0.15) is 0 Å². The van der Waals surface area contributed by atoms with E-state index in [9.17, 15) is 0 Å². The molecule has 0 bridgehead atoms. The van der Waals surface area contributed by atoms with Gasteiger partial charge in [-0.05, 0) is 44.5 Å². The third-order valence-electron chi connectivity index (χ3n) is 3.43. The second kappa shape index (κ2) is 4.31. The molecule has 0 aliphatic carbocycles.